The number of benzene rings is 4. The molecular formula is C38H38Cl2Zr. The Bertz CT molecular complexity index is 1570. The fraction of sp³-hybridized carbons (Fsp3) is 0.263. The summed E-state index contributed by atoms with van der Waals surface area (Å²) in [6, 6.07) is 28.3. The van der Waals surface area contributed by atoms with E-state index >= 15 is 0 Å². The summed E-state index contributed by atoms with van der Waals surface area (Å²) in [7, 11) is 0. The van der Waals surface area contributed by atoms with Gasteiger partial charge in [-0.2, -0.15) is 0 Å². The van der Waals surface area contributed by atoms with Crippen LogP contribution in [-0.4, -0.2) is 0 Å². The average molecular weight is 657 g/mol. The van der Waals surface area contributed by atoms with Gasteiger partial charge in [-0.25, -0.2) is 0 Å². The molecule has 3 heteroatoms. The maximum absolute atomic E-state index is 2.62. The van der Waals surface area contributed by atoms with Gasteiger partial charge in [0.15, 0.2) is 0 Å². The predicted molar refractivity (Wildman–Crippen MR) is 165 cm³/mol. The van der Waals surface area contributed by atoms with Crippen molar-refractivity contribution in [1.29, 1.82) is 0 Å². The molecule has 2 unspecified atom stereocenters. The fourth-order valence-corrected chi connectivity index (χ4v) is 26.0. The third-order valence-electron chi connectivity index (χ3n) is 9.60. The number of rotatable bonds is 4. The Morgan fingerprint density at radius 2 is 0.878 bits per heavy atom. The van der Waals surface area contributed by atoms with Gasteiger partial charge in [-0.1, -0.05) is 0 Å². The Hall–Kier alpha value is -2.18. The summed E-state index contributed by atoms with van der Waals surface area (Å²) in [6.45, 7) is 13.8. The molecule has 0 amide bonds. The smallest absolute Gasteiger partial charge is 1.00 e. The van der Waals surface area contributed by atoms with Gasteiger partial charge in [-0.05, 0) is 0 Å². The molecule has 1 aliphatic heterocycles. The summed E-state index contributed by atoms with van der Waals surface area (Å²) in [5.74, 6) is 0. The molecule has 0 aromatic heterocycles. The van der Waals surface area contributed by atoms with Crippen LogP contribution >= 0.6 is 0 Å². The van der Waals surface area contributed by atoms with Crippen LogP contribution in [0.2, 0.25) is 8.26 Å². The van der Waals surface area contributed by atoms with Crippen molar-refractivity contribution in [2.75, 3.05) is 0 Å². The summed E-state index contributed by atoms with van der Waals surface area (Å²) in [4.78, 5) is 0. The largest absolute Gasteiger partial charge is 1.00 e. The van der Waals surface area contributed by atoms with Crippen molar-refractivity contribution in [2.45, 2.75) is 57.1 Å². The number of aryl methyl sites for hydroxylation is 4. The van der Waals surface area contributed by atoms with Crippen LogP contribution in [0.25, 0.3) is 34.4 Å². The van der Waals surface area contributed by atoms with Crippen LogP contribution in [0.3, 0.4) is 0 Å². The SMILES string of the molecule is CC1=Cc2c(-c3cc(C)cc(C)c3)cccc2[CH]1[Zr+2]1([CH]2C(C)=Cc3c(-c4cc(C)cc(C)c4)cccc32)[CH2][CH2]1.[Cl-].[Cl-]. The van der Waals surface area contributed by atoms with Crippen molar-refractivity contribution >= 4 is 12.2 Å². The second kappa shape index (κ2) is 11.1. The molecule has 0 N–H and O–H groups in total. The summed E-state index contributed by atoms with van der Waals surface area (Å²) in [5, 5.41) is 0. The van der Waals surface area contributed by atoms with E-state index in [9.17, 15) is 0 Å². The zero-order valence-electron chi connectivity index (χ0n) is 24.9. The Morgan fingerprint density at radius 1 is 0.512 bits per heavy atom. The van der Waals surface area contributed by atoms with Gasteiger partial charge in [0.25, 0.3) is 0 Å². The zero-order valence-corrected chi connectivity index (χ0v) is 28.9. The maximum Gasteiger partial charge on any atom is -1.00 e. The summed E-state index contributed by atoms with van der Waals surface area (Å²) in [6.07, 6.45) is 5.12. The van der Waals surface area contributed by atoms with E-state index in [1.54, 1.807) is 22.3 Å². The molecule has 4 aromatic rings. The van der Waals surface area contributed by atoms with Crippen molar-refractivity contribution in [3.63, 3.8) is 0 Å². The molecule has 3 aliphatic rings. The first-order chi connectivity index (χ1) is 18.7. The Kier molecular flexibility index (Phi) is 8.24. The van der Waals surface area contributed by atoms with E-state index in [2.05, 4.69) is 126 Å². The number of allylic oxidation sites excluding steroid dienone is 2. The van der Waals surface area contributed by atoms with Gasteiger partial charge in [0.05, 0.1) is 0 Å². The van der Waals surface area contributed by atoms with Gasteiger partial charge in [0.1, 0.15) is 0 Å². The topological polar surface area (TPSA) is 0 Å². The van der Waals surface area contributed by atoms with Gasteiger partial charge < -0.3 is 24.8 Å². The summed E-state index contributed by atoms with van der Waals surface area (Å²) in [5.41, 5.74) is 20.5. The van der Waals surface area contributed by atoms with Gasteiger partial charge in [0.2, 0.25) is 0 Å². The van der Waals surface area contributed by atoms with E-state index < -0.39 is 20.3 Å². The molecule has 1 saturated heterocycles. The van der Waals surface area contributed by atoms with Crippen molar-refractivity contribution in [3.05, 3.63) is 128 Å². The molecule has 208 valence electrons. The molecule has 2 aliphatic carbocycles. The molecule has 0 bridgehead atoms. The molecule has 7 rings (SSSR count). The van der Waals surface area contributed by atoms with Crippen LogP contribution in [-0.2, 0) is 20.3 Å². The van der Waals surface area contributed by atoms with Crippen molar-refractivity contribution in [3.8, 4) is 22.3 Å². The standard InChI is InChI=1S/2C18H17.C2H4.2ClH.Zr/c2*1-12-7-13(2)10-16(9-12)17-6-4-5-15-8-14(3)11-18(15)17;1-2;;;/h2*4-11H,1-3H3;1-2H2;2*1H;/q;;;;;+2/p-2. The second-order valence-electron chi connectivity index (χ2n) is 12.7. The van der Waals surface area contributed by atoms with E-state index in [0.29, 0.717) is 7.25 Å². The predicted octanol–water partition coefficient (Wildman–Crippen LogP) is 4.88. The van der Waals surface area contributed by atoms with Crippen LogP contribution in [0.5, 0.6) is 0 Å². The minimum atomic E-state index is -2.62. The van der Waals surface area contributed by atoms with Crippen LogP contribution in [0.4, 0.5) is 0 Å². The third-order valence-corrected chi connectivity index (χ3v) is 23.1. The van der Waals surface area contributed by atoms with Gasteiger partial charge in [-0.15, -0.1) is 0 Å². The molecule has 0 spiro atoms. The van der Waals surface area contributed by atoms with Crippen LogP contribution < -0.4 is 24.8 Å². The molecule has 0 nitrogen and oxygen atoms in total. The van der Waals surface area contributed by atoms with Crippen LogP contribution in [0, 0.1) is 27.7 Å². The minimum Gasteiger partial charge on any atom is -1.00 e. The number of hydrogen-bond donors (Lipinski definition) is 0. The Morgan fingerprint density at radius 3 is 1.22 bits per heavy atom. The van der Waals surface area contributed by atoms with Gasteiger partial charge >= 0.3 is 240 Å². The van der Waals surface area contributed by atoms with E-state index in [1.165, 1.54) is 63.9 Å². The number of halogens is 2. The quantitative estimate of drug-likeness (QED) is 0.294. The number of fused-ring (bicyclic) bond motifs is 2. The van der Waals surface area contributed by atoms with E-state index in [1.807, 2.05) is 0 Å². The Balaban J connectivity index is 0.00000169. The Labute approximate surface area is 263 Å². The molecule has 41 heavy (non-hydrogen) atoms. The molecule has 1 fully saturated rings. The van der Waals surface area contributed by atoms with Gasteiger partial charge in [-0.3, -0.25) is 0 Å². The third kappa shape index (κ3) is 4.97. The second-order valence-corrected chi connectivity index (χ2v) is 24.1. The molecule has 2 atom stereocenters. The summed E-state index contributed by atoms with van der Waals surface area (Å²) < 4.78 is 4.37. The molecular weight excluding hydrogens is 619 g/mol. The first-order valence-electron chi connectivity index (χ1n) is 14.5. The monoisotopic (exact) mass is 654 g/mol. The van der Waals surface area contributed by atoms with Crippen molar-refractivity contribution in [2.24, 2.45) is 0 Å². The van der Waals surface area contributed by atoms with E-state index in [4.69, 9.17) is 0 Å². The number of hydrogen-bond acceptors (Lipinski definition) is 0. The minimum absolute atomic E-state index is 0. The first-order valence-corrected chi connectivity index (χ1v) is 20.9. The van der Waals surface area contributed by atoms with E-state index in [-0.39, 0.29) is 24.8 Å². The summed E-state index contributed by atoms with van der Waals surface area (Å²) >= 11 is -2.62. The molecule has 0 saturated carbocycles. The maximum atomic E-state index is 2.56. The van der Waals surface area contributed by atoms with Crippen molar-refractivity contribution < 1.29 is 45.1 Å². The van der Waals surface area contributed by atoms with Crippen LogP contribution in [0.1, 0.15) is 65.6 Å². The fourth-order valence-electron chi connectivity index (χ4n) is 8.28. The molecule has 4 aromatic carbocycles. The molecule has 1 heterocycles. The normalized spacial score (nSPS) is 18.6. The first kappa shape index (κ1) is 30.3. The van der Waals surface area contributed by atoms with E-state index in [0.717, 1.165) is 0 Å². The van der Waals surface area contributed by atoms with Crippen LogP contribution in [0.15, 0.2) is 83.9 Å². The zero-order chi connectivity index (χ0) is 27.1. The average Bonchev–Trinajstić information content (AvgIpc) is 3.45. The van der Waals surface area contributed by atoms with Crippen molar-refractivity contribution in [1.82, 2.24) is 0 Å². The molecule has 0 radical (unpaired) electrons. The van der Waals surface area contributed by atoms with Gasteiger partial charge in [0, 0.05) is 0 Å².